The predicted molar refractivity (Wildman–Crippen MR) is 62.5 cm³/mol. The maximum atomic E-state index is 6.12. The first-order valence-corrected chi connectivity index (χ1v) is 6.50. The van der Waals surface area contributed by atoms with Gasteiger partial charge in [0.05, 0.1) is 0 Å². The summed E-state index contributed by atoms with van der Waals surface area (Å²) in [5.41, 5.74) is 6.12. The van der Waals surface area contributed by atoms with Crippen molar-refractivity contribution in [1.29, 1.82) is 0 Å². The lowest BCUT2D eigenvalue weighted by Crippen LogP contribution is -2.14. The van der Waals surface area contributed by atoms with E-state index in [0.29, 0.717) is 5.92 Å². The van der Waals surface area contributed by atoms with Crippen LogP contribution in [-0.4, -0.2) is 13.2 Å². The van der Waals surface area contributed by atoms with Gasteiger partial charge >= 0.3 is 0 Å². The fourth-order valence-corrected chi connectivity index (χ4v) is 3.23. The molecule has 1 saturated heterocycles. The highest BCUT2D eigenvalue weighted by Gasteiger charge is 2.20. The van der Waals surface area contributed by atoms with Crippen LogP contribution >= 0.6 is 27.3 Å². The lowest BCUT2D eigenvalue weighted by molar-refractivity contribution is 0.183. The van der Waals surface area contributed by atoms with E-state index in [1.165, 1.54) is 11.3 Å². The summed E-state index contributed by atoms with van der Waals surface area (Å²) in [6, 6.07) is 2.29. The largest absolute Gasteiger partial charge is 0.381 e. The van der Waals surface area contributed by atoms with E-state index < -0.39 is 0 Å². The van der Waals surface area contributed by atoms with E-state index in [1.54, 1.807) is 11.3 Å². The molecule has 0 aromatic carbocycles. The molecule has 1 aliphatic rings. The van der Waals surface area contributed by atoms with Gasteiger partial charge in [0, 0.05) is 34.0 Å². The average molecular weight is 276 g/mol. The van der Waals surface area contributed by atoms with Gasteiger partial charge in [-0.3, -0.25) is 0 Å². The van der Waals surface area contributed by atoms with Crippen molar-refractivity contribution in [3.8, 4) is 0 Å². The van der Waals surface area contributed by atoms with Crippen LogP contribution in [0.3, 0.4) is 0 Å². The molecule has 2 rings (SSSR count). The van der Waals surface area contributed by atoms with Crippen molar-refractivity contribution in [1.82, 2.24) is 0 Å². The fraction of sp³-hybridized carbons (Fsp3) is 0.600. The standard InChI is InChI=1S/C10H14BrNOS/c11-8-4-10(14-6-8)9(12)3-7-1-2-13-5-7/h4,6-7,9H,1-3,5,12H2. The number of hydrogen-bond acceptors (Lipinski definition) is 3. The molecule has 1 fully saturated rings. The number of thiophene rings is 1. The van der Waals surface area contributed by atoms with E-state index in [4.69, 9.17) is 10.5 Å². The van der Waals surface area contributed by atoms with E-state index in [-0.39, 0.29) is 6.04 Å². The highest BCUT2D eigenvalue weighted by Crippen LogP contribution is 2.30. The molecule has 0 amide bonds. The Kier molecular flexibility index (Phi) is 3.60. The summed E-state index contributed by atoms with van der Waals surface area (Å²) in [5, 5.41) is 2.08. The molecule has 0 aliphatic carbocycles. The molecule has 2 unspecified atom stereocenters. The van der Waals surface area contributed by atoms with Crippen molar-refractivity contribution in [2.75, 3.05) is 13.2 Å². The molecule has 0 radical (unpaired) electrons. The molecule has 14 heavy (non-hydrogen) atoms. The molecule has 0 bridgehead atoms. The summed E-state index contributed by atoms with van der Waals surface area (Å²) in [7, 11) is 0. The normalized spacial score (nSPS) is 24.0. The molecule has 1 aromatic rings. The zero-order chi connectivity index (χ0) is 9.97. The quantitative estimate of drug-likeness (QED) is 0.921. The second-order valence-electron chi connectivity index (χ2n) is 3.74. The Balaban J connectivity index is 1.91. The van der Waals surface area contributed by atoms with Gasteiger partial charge in [0.25, 0.3) is 0 Å². The van der Waals surface area contributed by atoms with Crippen LogP contribution in [0.2, 0.25) is 0 Å². The smallest absolute Gasteiger partial charge is 0.0495 e. The average Bonchev–Trinajstić information content (AvgIpc) is 2.75. The van der Waals surface area contributed by atoms with Gasteiger partial charge in [-0.25, -0.2) is 0 Å². The van der Waals surface area contributed by atoms with E-state index in [9.17, 15) is 0 Å². The van der Waals surface area contributed by atoms with Crippen LogP contribution in [0.15, 0.2) is 15.9 Å². The third kappa shape index (κ3) is 2.57. The summed E-state index contributed by atoms with van der Waals surface area (Å²) in [5.74, 6) is 0.658. The highest BCUT2D eigenvalue weighted by molar-refractivity contribution is 9.10. The Morgan fingerprint density at radius 3 is 3.14 bits per heavy atom. The van der Waals surface area contributed by atoms with Crippen molar-refractivity contribution < 1.29 is 4.74 Å². The van der Waals surface area contributed by atoms with Crippen molar-refractivity contribution in [3.05, 3.63) is 20.8 Å². The predicted octanol–water partition coefficient (Wildman–Crippen LogP) is 2.94. The topological polar surface area (TPSA) is 35.2 Å². The third-order valence-electron chi connectivity index (χ3n) is 2.56. The molecule has 2 heterocycles. The fourth-order valence-electron chi connectivity index (χ4n) is 1.77. The third-order valence-corrected chi connectivity index (χ3v) is 4.39. The van der Waals surface area contributed by atoms with Gasteiger partial charge in [-0.05, 0) is 40.8 Å². The Morgan fingerprint density at radius 2 is 2.57 bits per heavy atom. The maximum absolute atomic E-state index is 6.12. The summed E-state index contributed by atoms with van der Waals surface area (Å²) in [4.78, 5) is 1.27. The zero-order valence-corrected chi connectivity index (χ0v) is 10.3. The summed E-state index contributed by atoms with van der Waals surface area (Å²) in [6.45, 7) is 1.80. The van der Waals surface area contributed by atoms with Crippen LogP contribution < -0.4 is 5.73 Å². The van der Waals surface area contributed by atoms with E-state index in [0.717, 1.165) is 24.1 Å². The second-order valence-corrected chi connectivity index (χ2v) is 5.60. The molecule has 0 saturated carbocycles. The second kappa shape index (κ2) is 4.75. The van der Waals surface area contributed by atoms with Crippen LogP contribution in [0.25, 0.3) is 0 Å². The summed E-state index contributed by atoms with van der Waals surface area (Å²) >= 11 is 5.17. The Hall–Kier alpha value is 0.1000. The van der Waals surface area contributed by atoms with Crippen LogP contribution in [0.1, 0.15) is 23.8 Å². The lowest BCUT2D eigenvalue weighted by atomic mass is 9.99. The molecule has 0 spiro atoms. The van der Waals surface area contributed by atoms with Gasteiger partial charge in [0.2, 0.25) is 0 Å². The van der Waals surface area contributed by atoms with Gasteiger partial charge in [-0.15, -0.1) is 11.3 Å². The van der Waals surface area contributed by atoms with Crippen LogP contribution in [0, 0.1) is 5.92 Å². The Labute approximate surface area is 96.6 Å². The molecule has 2 nitrogen and oxygen atoms in total. The van der Waals surface area contributed by atoms with Crippen molar-refractivity contribution in [2.24, 2.45) is 11.7 Å². The minimum Gasteiger partial charge on any atom is -0.381 e. The van der Waals surface area contributed by atoms with Gasteiger partial charge < -0.3 is 10.5 Å². The number of ether oxygens (including phenoxy) is 1. The molecule has 4 heteroatoms. The van der Waals surface area contributed by atoms with Gasteiger partial charge in [0.15, 0.2) is 0 Å². The molecule has 2 atom stereocenters. The van der Waals surface area contributed by atoms with Crippen LogP contribution in [-0.2, 0) is 4.74 Å². The molecule has 1 aromatic heterocycles. The minimum absolute atomic E-state index is 0.179. The Bertz CT molecular complexity index is 296. The Morgan fingerprint density at radius 1 is 1.71 bits per heavy atom. The summed E-state index contributed by atoms with van der Waals surface area (Å²) < 4.78 is 6.47. The zero-order valence-electron chi connectivity index (χ0n) is 7.91. The SMILES string of the molecule is NC(CC1CCOC1)c1cc(Br)cs1. The number of hydrogen-bond donors (Lipinski definition) is 1. The number of nitrogens with two attached hydrogens (primary N) is 1. The summed E-state index contributed by atoms with van der Waals surface area (Å²) in [6.07, 6.45) is 2.22. The number of halogens is 1. The molecule has 78 valence electrons. The first kappa shape index (κ1) is 10.6. The van der Waals surface area contributed by atoms with Crippen LogP contribution in [0.4, 0.5) is 0 Å². The first-order valence-electron chi connectivity index (χ1n) is 4.83. The van der Waals surface area contributed by atoms with Crippen LogP contribution in [0.5, 0.6) is 0 Å². The van der Waals surface area contributed by atoms with Gasteiger partial charge in [-0.2, -0.15) is 0 Å². The molecular formula is C10H14BrNOS. The van der Waals surface area contributed by atoms with Crippen molar-refractivity contribution in [2.45, 2.75) is 18.9 Å². The van der Waals surface area contributed by atoms with Crippen molar-refractivity contribution in [3.63, 3.8) is 0 Å². The van der Waals surface area contributed by atoms with Gasteiger partial charge in [0.1, 0.15) is 0 Å². The van der Waals surface area contributed by atoms with Crippen molar-refractivity contribution >= 4 is 27.3 Å². The minimum atomic E-state index is 0.179. The molecular weight excluding hydrogens is 262 g/mol. The maximum Gasteiger partial charge on any atom is 0.0495 e. The first-order chi connectivity index (χ1) is 6.75. The monoisotopic (exact) mass is 275 g/mol. The molecule has 2 N–H and O–H groups in total. The molecule has 1 aliphatic heterocycles. The lowest BCUT2D eigenvalue weighted by Gasteiger charge is -2.13. The van der Waals surface area contributed by atoms with E-state index in [1.807, 2.05) is 0 Å². The van der Waals surface area contributed by atoms with Gasteiger partial charge in [-0.1, -0.05) is 0 Å². The van der Waals surface area contributed by atoms with E-state index in [2.05, 4.69) is 27.4 Å². The van der Waals surface area contributed by atoms with E-state index >= 15 is 0 Å². The highest BCUT2D eigenvalue weighted by atomic mass is 79.9. The number of rotatable bonds is 3.